The Labute approximate surface area is 488 Å². The fourth-order valence-electron chi connectivity index (χ4n) is 9.26. The number of allylic oxidation sites excluding steroid dienone is 17. The Morgan fingerprint density at radius 1 is 0.487 bits per heavy atom. The molecule has 1 heterocycles. The first-order chi connectivity index (χ1) is 39.2. The van der Waals surface area contributed by atoms with E-state index in [9.17, 15) is 35.1 Å². The van der Waals surface area contributed by atoms with Crippen molar-refractivity contribution in [3.05, 3.63) is 109 Å². The Bertz CT molecular complexity index is 1710. The van der Waals surface area contributed by atoms with E-state index in [1.807, 2.05) is 6.08 Å². The Balaban J connectivity index is 2.71. The Hall–Kier alpha value is -3.68. The van der Waals surface area contributed by atoms with Gasteiger partial charge in [0, 0.05) is 6.42 Å². The molecular weight excluding hydrogens is 1000 g/mol. The van der Waals surface area contributed by atoms with Crippen molar-refractivity contribution < 1.29 is 49.3 Å². The van der Waals surface area contributed by atoms with E-state index in [4.69, 9.17) is 14.2 Å². The topological polar surface area (TPSA) is 175 Å². The molecule has 0 aromatic rings. The second-order valence-electron chi connectivity index (χ2n) is 21.8. The van der Waals surface area contributed by atoms with E-state index in [0.717, 1.165) is 116 Å². The van der Waals surface area contributed by atoms with Crippen LogP contribution >= 0.6 is 0 Å². The highest BCUT2D eigenvalue weighted by atomic mass is 16.7. The number of aliphatic hydroxyl groups is 5. The zero-order valence-corrected chi connectivity index (χ0v) is 50.7. The molecule has 0 aromatic carbocycles. The van der Waals surface area contributed by atoms with Crippen molar-refractivity contribution in [3.8, 4) is 0 Å². The molecule has 1 amide bonds. The number of hydrogen-bond donors (Lipinski definition) is 6. The third kappa shape index (κ3) is 43.1. The first-order valence-corrected chi connectivity index (χ1v) is 32.2. The zero-order chi connectivity index (χ0) is 58.2. The first kappa shape index (κ1) is 74.3. The second-order valence-corrected chi connectivity index (χ2v) is 21.8. The summed E-state index contributed by atoms with van der Waals surface area (Å²) in [6, 6.07) is -1.05. The molecule has 0 aromatic heterocycles. The minimum absolute atomic E-state index is 0.0926. The standard InChI is InChI=1S/C69H117NO10/c1-4-7-10-13-16-19-22-25-27-29-31-32-33-35-37-39-42-45-48-51-54-57-64(74)80-67-66(76)65(75)63(58-71)79-69(67)78-59-60(61(72)55-52-49-46-43-40-24-21-18-15-12-9-6-3)70-68(77)62(73)56-53-50-47-44-41-38-36-34-30-28-26-23-20-17-14-11-8-5-2/h16-17,19-20,25-28,31-32,34-37,41,44,52,55,60-63,65-67,69,71-73,75-76H,4-15,18,21-24,29-30,33,38-40,42-43,45-51,53-54,56-59H2,1-3H3,(H,70,77)/b19-16-,20-17-,27-25-,28-26-,32-31-,36-34-,37-35-,44-41-,55-52+. The maximum Gasteiger partial charge on any atom is 0.306 e. The Morgan fingerprint density at radius 2 is 0.863 bits per heavy atom. The highest BCUT2D eigenvalue weighted by Gasteiger charge is 2.47. The largest absolute Gasteiger partial charge is 0.454 e. The Morgan fingerprint density at radius 3 is 1.31 bits per heavy atom. The summed E-state index contributed by atoms with van der Waals surface area (Å²) in [5, 5.41) is 57.0. The van der Waals surface area contributed by atoms with Crippen LogP contribution in [-0.4, -0.2) is 99.6 Å². The molecule has 11 nitrogen and oxygen atoms in total. The van der Waals surface area contributed by atoms with Gasteiger partial charge in [-0.25, -0.2) is 0 Å². The number of aliphatic hydroxyl groups excluding tert-OH is 5. The van der Waals surface area contributed by atoms with Crippen molar-refractivity contribution in [3.63, 3.8) is 0 Å². The molecule has 11 heteroatoms. The third-order valence-electron chi connectivity index (χ3n) is 14.4. The number of esters is 1. The van der Waals surface area contributed by atoms with Gasteiger partial charge >= 0.3 is 5.97 Å². The number of rotatable bonds is 53. The van der Waals surface area contributed by atoms with Crippen LogP contribution in [0.1, 0.15) is 252 Å². The molecule has 1 saturated heterocycles. The number of hydrogen-bond acceptors (Lipinski definition) is 10. The lowest BCUT2D eigenvalue weighted by molar-refractivity contribution is -0.305. The van der Waals surface area contributed by atoms with E-state index in [2.05, 4.69) is 123 Å². The van der Waals surface area contributed by atoms with Crippen LogP contribution in [0.15, 0.2) is 109 Å². The van der Waals surface area contributed by atoms with E-state index in [-0.39, 0.29) is 19.4 Å². The van der Waals surface area contributed by atoms with Gasteiger partial charge < -0.3 is 45.1 Å². The van der Waals surface area contributed by atoms with Gasteiger partial charge in [-0.1, -0.05) is 239 Å². The van der Waals surface area contributed by atoms with Gasteiger partial charge in [0.1, 0.15) is 24.4 Å². The molecule has 458 valence electrons. The average molecular weight is 1120 g/mol. The maximum absolute atomic E-state index is 13.4. The van der Waals surface area contributed by atoms with E-state index in [1.165, 1.54) is 89.9 Å². The van der Waals surface area contributed by atoms with Crippen LogP contribution < -0.4 is 5.32 Å². The smallest absolute Gasteiger partial charge is 0.306 e. The summed E-state index contributed by atoms with van der Waals surface area (Å²) in [7, 11) is 0. The van der Waals surface area contributed by atoms with Gasteiger partial charge in [-0.2, -0.15) is 0 Å². The number of carbonyl (C=O) groups is 2. The molecule has 1 aliphatic heterocycles. The molecule has 0 aliphatic carbocycles. The molecule has 1 rings (SSSR count). The van der Waals surface area contributed by atoms with Crippen LogP contribution in [0.2, 0.25) is 0 Å². The van der Waals surface area contributed by atoms with Gasteiger partial charge in [0.2, 0.25) is 5.91 Å². The normalized spacial score (nSPS) is 19.5. The number of ether oxygens (including phenoxy) is 3. The van der Waals surface area contributed by atoms with Gasteiger partial charge in [-0.15, -0.1) is 0 Å². The SMILES string of the molecule is CCCCC/C=C\C/C=C\C/C=C\C/C=C\CCCCCCCC(=O)OC1C(OCC(NC(=O)C(O)CCCC/C=C\C/C=C\C/C=C\C/C=C\CCCCC)C(O)/C=C/CCCCCCCCCCCC)OC(CO)C(O)C1O. The lowest BCUT2D eigenvalue weighted by Gasteiger charge is -2.41. The monoisotopic (exact) mass is 1120 g/mol. The maximum atomic E-state index is 13.4. The van der Waals surface area contributed by atoms with E-state index in [1.54, 1.807) is 6.08 Å². The second kappa shape index (κ2) is 55.8. The zero-order valence-electron chi connectivity index (χ0n) is 50.7. The van der Waals surface area contributed by atoms with Crippen molar-refractivity contribution in [1.29, 1.82) is 0 Å². The molecule has 0 radical (unpaired) electrons. The molecule has 0 spiro atoms. The lowest BCUT2D eigenvalue weighted by Crippen LogP contribution is -2.61. The van der Waals surface area contributed by atoms with Gasteiger partial charge in [-0.3, -0.25) is 9.59 Å². The molecule has 0 bridgehead atoms. The summed E-state index contributed by atoms with van der Waals surface area (Å²) < 4.78 is 17.6. The molecule has 8 atom stereocenters. The highest BCUT2D eigenvalue weighted by molar-refractivity contribution is 5.80. The van der Waals surface area contributed by atoms with Crippen molar-refractivity contribution in [2.45, 2.75) is 301 Å². The number of nitrogens with one attached hydrogen (secondary N) is 1. The van der Waals surface area contributed by atoms with Crippen LogP contribution in [0.25, 0.3) is 0 Å². The van der Waals surface area contributed by atoms with Crippen molar-refractivity contribution in [2.24, 2.45) is 0 Å². The fourth-order valence-corrected chi connectivity index (χ4v) is 9.26. The van der Waals surface area contributed by atoms with Gasteiger partial charge in [0.25, 0.3) is 0 Å². The lowest BCUT2D eigenvalue weighted by atomic mass is 9.99. The van der Waals surface area contributed by atoms with Crippen LogP contribution in [0, 0.1) is 0 Å². The molecule has 8 unspecified atom stereocenters. The van der Waals surface area contributed by atoms with E-state index in [0.29, 0.717) is 12.8 Å². The van der Waals surface area contributed by atoms with Gasteiger partial charge in [0.05, 0.1) is 25.4 Å². The summed E-state index contributed by atoms with van der Waals surface area (Å²) >= 11 is 0. The van der Waals surface area contributed by atoms with Crippen LogP contribution in [0.3, 0.4) is 0 Å². The highest BCUT2D eigenvalue weighted by Crippen LogP contribution is 2.26. The van der Waals surface area contributed by atoms with E-state index < -0.39 is 67.4 Å². The van der Waals surface area contributed by atoms with E-state index >= 15 is 0 Å². The van der Waals surface area contributed by atoms with Gasteiger partial charge in [0.15, 0.2) is 12.4 Å². The summed E-state index contributed by atoms with van der Waals surface area (Å²) in [6.45, 7) is 5.69. The van der Waals surface area contributed by atoms with Crippen LogP contribution in [-0.2, 0) is 23.8 Å². The number of unbranched alkanes of at least 4 members (excludes halogenated alkanes) is 23. The number of carbonyl (C=O) groups excluding carboxylic acids is 2. The third-order valence-corrected chi connectivity index (χ3v) is 14.4. The molecule has 1 aliphatic rings. The molecule has 1 fully saturated rings. The van der Waals surface area contributed by atoms with Crippen molar-refractivity contribution in [1.82, 2.24) is 5.32 Å². The fraction of sp³-hybridized carbons (Fsp3) is 0.710. The molecule has 0 saturated carbocycles. The molecule has 80 heavy (non-hydrogen) atoms. The predicted molar refractivity (Wildman–Crippen MR) is 333 cm³/mol. The Kier molecular flexibility index (Phi) is 51.9. The minimum Gasteiger partial charge on any atom is -0.454 e. The number of amides is 1. The van der Waals surface area contributed by atoms with Crippen LogP contribution in [0.4, 0.5) is 0 Å². The molecular formula is C69H117NO10. The van der Waals surface area contributed by atoms with Crippen molar-refractivity contribution in [2.75, 3.05) is 13.2 Å². The average Bonchev–Trinajstić information content (AvgIpc) is 3.45. The summed E-state index contributed by atoms with van der Waals surface area (Å²) in [6.07, 6.45) is 65.4. The van der Waals surface area contributed by atoms with Crippen molar-refractivity contribution >= 4 is 11.9 Å². The summed E-state index contributed by atoms with van der Waals surface area (Å²) in [5.41, 5.74) is 0. The predicted octanol–water partition coefficient (Wildman–Crippen LogP) is 15.7. The molecule has 6 N–H and O–H groups in total. The quantitative estimate of drug-likeness (QED) is 0.0195. The summed E-state index contributed by atoms with van der Waals surface area (Å²) in [4.78, 5) is 26.6. The van der Waals surface area contributed by atoms with Crippen LogP contribution in [0.5, 0.6) is 0 Å². The van der Waals surface area contributed by atoms with Gasteiger partial charge in [-0.05, 0) is 116 Å². The first-order valence-electron chi connectivity index (χ1n) is 32.2. The summed E-state index contributed by atoms with van der Waals surface area (Å²) in [5.74, 6) is -1.25. The minimum atomic E-state index is -1.63.